The van der Waals surface area contributed by atoms with Gasteiger partial charge in [0.25, 0.3) is 0 Å². The van der Waals surface area contributed by atoms with Crippen molar-refractivity contribution in [2.24, 2.45) is 0 Å². The van der Waals surface area contributed by atoms with Gasteiger partial charge < -0.3 is 5.32 Å². The number of nitrogens with zero attached hydrogens (tertiary/aromatic N) is 2. The molecular weight excluding hydrogens is 294 g/mol. The Bertz CT molecular complexity index is 761. The topological polar surface area (TPSA) is 46.9 Å². The number of rotatable bonds is 5. The van der Waals surface area contributed by atoms with Crippen LogP contribution in [0.1, 0.15) is 10.4 Å². The molecule has 1 amide bonds. The van der Waals surface area contributed by atoms with Crippen molar-refractivity contribution in [1.29, 1.82) is 0 Å². The van der Waals surface area contributed by atoms with Gasteiger partial charge in [-0.05, 0) is 41.3 Å². The van der Waals surface area contributed by atoms with Gasteiger partial charge in [-0.15, -0.1) is 11.3 Å². The number of nitrogens with one attached hydrogen (secondary N) is 1. The van der Waals surface area contributed by atoms with E-state index in [1.54, 1.807) is 23.6 Å². The van der Waals surface area contributed by atoms with Crippen molar-refractivity contribution in [2.75, 3.05) is 5.32 Å². The second-order valence-electron chi connectivity index (χ2n) is 4.74. The Balaban J connectivity index is 1.63. The Kier molecular flexibility index (Phi) is 4.46. The van der Waals surface area contributed by atoms with Crippen LogP contribution in [0, 0.1) is 0 Å². The second-order valence-corrected chi connectivity index (χ2v) is 5.72. The molecule has 2 aromatic heterocycles. The molecule has 0 aliphatic heterocycles. The molecule has 0 radical (unpaired) electrons. The fourth-order valence-corrected chi connectivity index (χ4v) is 2.67. The third kappa shape index (κ3) is 3.93. The molecule has 110 valence electrons. The van der Waals surface area contributed by atoms with Gasteiger partial charge >= 0.3 is 0 Å². The molecule has 22 heavy (non-hydrogen) atoms. The predicted molar refractivity (Wildman–Crippen MR) is 89.8 cm³/mol. The fraction of sp³-hybridized carbons (Fsp3) is 0.0588. The Morgan fingerprint density at radius 2 is 2.23 bits per heavy atom. The van der Waals surface area contributed by atoms with E-state index in [0.717, 1.165) is 16.1 Å². The van der Waals surface area contributed by atoms with Crippen LogP contribution < -0.4 is 5.32 Å². The summed E-state index contributed by atoms with van der Waals surface area (Å²) in [6, 6.07) is 13.6. The quantitative estimate of drug-likeness (QED) is 0.731. The summed E-state index contributed by atoms with van der Waals surface area (Å²) in [6.07, 6.45) is 7.02. The van der Waals surface area contributed by atoms with E-state index in [1.165, 1.54) is 0 Å². The number of anilines is 1. The minimum Gasteiger partial charge on any atom is -0.323 e. The first-order chi connectivity index (χ1) is 10.8. The maximum absolute atomic E-state index is 11.9. The average Bonchev–Trinajstić information content (AvgIpc) is 3.19. The lowest BCUT2D eigenvalue weighted by Crippen LogP contribution is -2.08. The molecule has 1 aromatic carbocycles. The van der Waals surface area contributed by atoms with Gasteiger partial charge in [0.2, 0.25) is 5.91 Å². The molecule has 5 heteroatoms. The van der Waals surface area contributed by atoms with Gasteiger partial charge in [-0.1, -0.05) is 18.2 Å². The van der Waals surface area contributed by atoms with Crippen molar-refractivity contribution in [1.82, 2.24) is 9.78 Å². The molecule has 0 bridgehead atoms. The summed E-state index contributed by atoms with van der Waals surface area (Å²) in [4.78, 5) is 13.0. The largest absolute Gasteiger partial charge is 0.323 e. The molecule has 3 aromatic rings. The van der Waals surface area contributed by atoms with Gasteiger partial charge in [0.15, 0.2) is 0 Å². The fourth-order valence-electron chi connectivity index (χ4n) is 2.06. The van der Waals surface area contributed by atoms with E-state index in [9.17, 15) is 4.79 Å². The zero-order valence-corrected chi connectivity index (χ0v) is 12.7. The summed E-state index contributed by atoms with van der Waals surface area (Å²) < 4.78 is 1.84. The zero-order chi connectivity index (χ0) is 15.2. The lowest BCUT2D eigenvalue weighted by atomic mass is 10.2. The van der Waals surface area contributed by atoms with Gasteiger partial charge in [-0.25, -0.2) is 0 Å². The SMILES string of the molecule is O=C(C=Cc1cccs1)Nc1cccc(Cn2cccn2)c1. The highest BCUT2D eigenvalue weighted by Gasteiger charge is 2.01. The second kappa shape index (κ2) is 6.87. The molecular formula is C17H15N3OS. The lowest BCUT2D eigenvalue weighted by Gasteiger charge is -2.06. The van der Waals surface area contributed by atoms with Crippen molar-refractivity contribution < 1.29 is 4.79 Å². The van der Waals surface area contributed by atoms with E-state index in [4.69, 9.17) is 0 Å². The summed E-state index contributed by atoms with van der Waals surface area (Å²) in [5.41, 5.74) is 1.87. The monoisotopic (exact) mass is 309 g/mol. The van der Waals surface area contributed by atoms with Crippen molar-refractivity contribution in [3.05, 3.63) is 76.8 Å². The van der Waals surface area contributed by atoms with Crippen LogP contribution >= 0.6 is 11.3 Å². The zero-order valence-electron chi connectivity index (χ0n) is 11.8. The standard InChI is InChI=1S/C17H15N3OS/c21-17(8-7-16-6-2-11-22-16)19-15-5-1-4-14(12-15)13-20-10-3-9-18-20/h1-12H,13H2,(H,19,21). The Morgan fingerprint density at radius 1 is 1.27 bits per heavy atom. The third-order valence-corrected chi connectivity index (χ3v) is 3.88. The number of hydrogen-bond acceptors (Lipinski definition) is 3. The van der Waals surface area contributed by atoms with Crippen LogP contribution in [0.4, 0.5) is 5.69 Å². The smallest absolute Gasteiger partial charge is 0.248 e. The molecule has 1 N–H and O–H groups in total. The first-order valence-electron chi connectivity index (χ1n) is 6.88. The van der Waals surface area contributed by atoms with Crippen LogP contribution in [0.5, 0.6) is 0 Å². The summed E-state index contributed by atoms with van der Waals surface area (Å²) in [5, 5.41) is 9.04. The lowest BCUT2D eigenvalue weighted by molar-refractivity contribution is -0.111. The first kappa shape index (κ1) is 14.3. The Morgan fingerprint density at radius 3 is 3.00 bits per heavy atom. The number of hydrogen-bond donors (Lipinski definition) is 1. The van der Waals surface area contributed by atoms with Crippen LogP contribution in [0.15, 0.2) is 66.3 Å². The van der Waals surface area contributed by atoms with Crippen molar-refractivity contribution >= 4 is 29.0 Å². The first-order valence-corrected chi connectivity index (χ1v) is 7.76. The molecule has 0 spiro atoms. The predicted octanol–water partition coefficient (Wildman–Crippen LogP) is 3.64. The molecule has 3 rings (SSSR count). The number of aromatic nitrogens is 2. The highest BCUT2D eigenvalue weighted by molar-refractivity contribution is 7.10. The van der Waals surface area contributed by atoms with E-state index < -0.39 is 0 Å². The molecule has 0 aliphatic rings. The van der Waals surface area contributed by atoms with E-state index in [-0.39, 0.29) is 5.91 Å². The van der Waals surface area contributed by atoms with Crippen LogP contribution in [0.2, 0.25) is 0 Å². The average molecular weight is 309 g/mol. The van der Waals surface area contributed by atoms with Crippen LogP contribution in [0.25, 0.3) is 6.08 Å². The molecule has 0 fully saturated rings. The summed E-state index contributed by atoms with van der Waals surface area (Å²) >= 11 is 1.60. The number of carbonyl (C=O) groups is 1. The summed E-state index contributed by atoms with van der Waals surface area (Å²) in [6.45, 7) is 0.682. The van der Waals surface area contributed by atoms with E-state index >= 15 is 0 Å². The third-order valence-electron chi connectivity index (χ3n) is 3.04. The highest BCUT2D eigenvalue weighted by Crippen LogP contribution is 2.13. The molecule has 0 atom stereocenters. The van der Waals surface area contributed by atoms with Gasteiger partial charge in [-0.3, -0.25) is 9.48 Å². The highest BCUT2D eigenvalue weighted by atomic mass is 32.1. The number of benzene rings is 1. The number of amides is 1. The molecule has 4 nitrogen and oxygen atoms in total. The van der Waals surface area contributed by atoms with Crippen molar-refractivity contribution in [3.63, 3.8) is 0 Å². The maximum atomic E-state index is 11.9. The van der Waals surface area contributed by atoms with Gasteiger partial charge in [-0.2, -0.15) is 5.10 Å². The van der Waals surface area contributed by atoms with E-state index in [1.807, 2.05) is 64.8 Å². The molecule has 0 aliphatic carbocycles. The van der Waals surface area contributed by atoms with Crippen LogP contribution in [-0.2, 0) is 11.3 Å². The van der Waals surface area contributed by atoms with Crippen LogP contribution in [-0.4, -0.2) is 15.7 Å². The molecule has 2 heterocycles. The molecule has 0 unspecified atom stereocenters. The summed E-state index contributed by atoms with van der Waals surface area (Å²) in [5.74, 6) is -0.135. The number of thiophene rings is 1. The van der Waals surface area contributed by atoms with E-state index in [2.05, 4.69) is 10.4 Å². The van der Waals surface area contributed by atoms with Crippen molar-refractivity contribution in [2.45, 2.75) is 6.54 Å². The van der Waals surface area contributed by atoms with Crippen molar-refractivity contribution in [3.8, 4) is 0 Å². The van der Waals surface area contributed by atoms with Crippen LogP contribution in [0.3, 0.4) is 0 Å². The van der Waals surface area contributed by atoms with E-state index in [0.29, 0.717) is 6.54 Å². The molecule has 0 saturated heterocycles. The molecule has 0 saturated carbocycles. The number of carbonyl (C=O) groups excluding carboxylic acids is 1. The Labute approximate surface area is 132 Å². The maximum Gasteiger partial charge on any atom is 0.248 e. The van der Waals surface area contributed by atoms with Gasteiger partial charge in [0.05, 0.1) is 6.54 Å². The Hall–Kier alpha value is -2.66. The van der Waals surface area contributed by atoms with Gasteiger partial charge in [0.1, 0.15) is 0 Å². The summed E-state index contributed by atoms with van der Waals surface area (Å²) in [7, 11) is 0. The minimum absolute atomic E-state index is 0.135. The van der Waals surface area contributed by atoms with Gasteiger partial charge in [0, 0.05) is 29.0 Å². The minimum atomic E-state index is -0.135. The normalized spacial score (nSPS) is 10.9.